The fourth-order valence-corrected chi connectivity index (χ4v) is 3.89. The molecule has 0 aliphatic carbocycles. The lowest BCUT2D eigenvalue weighted by Crippen LogP contribution is -2.28. The summed E-state index contributed by atoms with van der Waals surface area (Å²) in [6, 6.07) is 18.1. The number of benzene rings is 2. The molecule has 0 bridgehead atoms. The first-order valence-electron chi connectivity index (χ1n) is 11.7. The number of anilines is 2. The van der Waals surface area contributed by atoms with Crippen LogP contribution in [0.2, 0.25) is 0 Å². The number of rotatable bonds is 9. The average molecular weight is 475 g/mol. The van der Waals surface area contributed by atoms with Crippen LogP contribution in [0.4, 0.5) is 11.4 Å². The molecule has 0 saturated carbocycles. The Bertz CT molecular complexity index is 1200. The highest BCUT2D eigenvalue weighted by atomic mass is 16.5. The Kier molecular flexibility index (Phi) is 7.40. The predicted molar refractivity (Wildman–Crippen MR) is 135 cm³/mol. The number of nitrogen functional groups attached to an aromatic ring is 2. The SMILES string of the molecule is CC1C=C(C(=O)NCCCCNC(=O)c2ccc(-c3ccc(N)cc3)o2)OC1c1ccc(N)cc1. The molecule has 2 aromatic carbocycles. The van der Waals surface area contributed by atoms with Gasteiger partial charge in [-0.3, -0.25) is 9.59 Å². The largest absolute Gasteiger partial charge is 0.480 e. The van der Waals surface area contributed by atoms with Crippen LogP contribution in [-0.2, 0) is 9.53 Å². The Morgan fingerprint density at radius 2 is 1.43 bits per heavy atom. The van der Waals surface area contributed by atoms with E-state index in [9.17, 15) is 9.59 Å². The Morgan fingerprint density at radius 3 is 2.09 bits per heavy atom. The van der Waals surface area contributed by atoms with Gasteiger partial charge in [0.25, 0.3) is 11.8 Å². The number of carbonyl (C=O) groups excluding carboxylic acids is 2. The van der Waals surface area contributed by atoms with Crippen molar-refractivity contribution in [3.63, 3.8) is 0 Å². The van der Waals surface area contributed by atoms with Crippen LogP contribution in [-0.4, -0.2) is 24.9 Å². The maximum absolute atomic E-state index is 12.5. The number of nitrogens with two attached hydrogens (primary N) is 2. The highest BCUT2D eigenvalue weighted by Gasteiger charge is 2.30. The molecule has 35 heavy (non-hydrogen) atoms. The zero-order chi connectivity index (χ0) is 24.8. The molecule has 2 atom stereocenters. The third-order valence-electron chi connectivity index (χ3n) is 5.83. The fraction of sp³-hybridized carbons (Fsp3) is 0.259. The lowest BCUT2D eigenvalue weighted by atomic mass is 9.98. The van der Waals surface area contributed by atoms with E-state index in [1.54, 1.807) is 24.3 Å². The van der Waals surface area contributed by atoms with Crippen molar-refractivity contribution in [1.82, 2.24) is 10.6 Å². The molecular weight excluding hydrogens is 444 g/mol. The third-order valence-corrected chi connectivity index (χ3v) is 5.83. The molecule has 0 spiro atoms. The molecule has 4 rings (SSSR count). The first kappa shape index (κ1) is 23.9. The van der Waals surface area contributed by atoms with Gasteiger partial charge in [-0.15, -0.1) is 0 Å². The molecule has 1 aliphatic heterocycles. The van der Waals surface area contributed by atoms with Crippen molar-refractivity contribution in [2.45, 2.75) is 25.9 Å². The maximum Gasteiger partial charge on any atom is 0.287 e. The Labute approximate surface area is 204 Å². The molecule has 6 N–H and O–H groups in total. The van der Waals surface area contributed by atoms with Gasteiger partial charge in [0.05, 0.1) is 0 Å². The van der Waals surface area contributed by atoms with Crippen molar-refractivity contribution in [2.75, 3.05) is 24.6 Å². The van der Waals surface area contributed by atoms with E-state index in [-0.39, 0.29) is 29.6 Å². The second kappa shape index (κ2) is 10.8. The van der Waals surface area contributed by atoms with Crippen LogP contribution < -0.4 is 22.1 Å². The van der Waals surface area contributed by atoms with Crippen molar-refractivity contribution in [3.8, 4) is 11.3 Å². The van der Waals surface area contributed by atoms with E-state index in [4.69, 9.17) is 20.6 Å². The van der Waals surface area contributed by atoms with Crippen LogP contribution in [0.1, 0.15) is 42.0 Å². The van der Waals surface area contributed by atoms with E-state index in [2.05, 4.69) is 10.6 Å². The summed E-state index contributed by atoms with van der Waals surface area (Å²) >= 11 is 0. The molecule has 0 fully saturated rings. The number of hydrogen-bond donors (Lipinski definition) is 4. The van der Waals surface area contributed by atoms with Crippen LogP contribution in [0.5, 0.6) is 0 Å². The van der Waals surface area contributed by atoms with Gasteiger partial charge in [-0.25, -0.2) is 0 Å². The van der Waals surface area contributed by atoms with Gasteiger partial charge in [-0.1, -0.05) is 19.1 Å². The molecule has 1 aliphatic rings. The van der Waals surface area contributed by atoms with E-state index in [1.807, 2.05) is 49.4 Å². The first-order chi connectivity index (χ1) is 16.9. The van der Waals surface area contributed by atoms with Gasteiger partial charge in [-0.05, 0) is 73.0 Å². The zero-order valence-corrected chi connectivity index (χ0v) is 19.6. The summed E-state index contributed by atoms with van der Waals surface area (Å²) < 4.78 is 11.6. The minimum absolute atomic E-state index is 0.0803. The normalized spacial score (nSPS) is 16.9. The number of ether oxygens (including phenoxy) is 1. The number of hydrogen-bond acceptors (Lipinski definition) is 6. The molecule has 2 amide bonds. The van der Waals surface area contributed by atoms with Crippen molar-refractivity contribution in [2.24, 2.45) is 5.92 Å². The average Bonchev–Trinajstić information content (AvgIpc) is 3.49. The molecule has 3 aromatic rings. The van der Waals surface area contributed by atoms with E-state index in [0.29, 0.717) is 48.8 Å². The quantitative estimate of drug-likeness (QED) is 0.273. The molecule has 8 nitrogen and oxygen atoms in total. The standard InChI is InChI=1S/C27H30N4O4/c1-17-16-24(35-25(17)19-6-10-21(29)11-7-19)27(33)31-15-3-2-14-30-26(32)23-13-12-22(34-23)18-4-8-20(28)9-5-18/h4-13,16-17,25H,2-3,14-15,28-29H2,1H3,(H,30,32)(H,31,33). The van der Waals surface area contributed by atoms with E-state index >= 15 is 0 Å². The Balaban J connectivity index is 1.15. The summed E-state index contributed by atoms with van der Waals surface area (Å²) in [6.07, 6.45) is 3.07. The second-order valence-corrected chi connectivity index (χ2v) is 8.60. The third kappa shape index (κ3) is 6.03. The molecule has 2 unspecified atom stereocenters. The molecule has 2 heterocycles. The number of amides is 2. The maximum atomic E-state index is 12.5. The van der Waals surface area contributed by atoms with Gasteiger partial charge >= 0.3 is 0 Å². The Morgan fingerprint density at radius 1 is 0.829 bits per heavy atom. The molecule has 182 valence electrons. The predicted octanol–water partition coefficient (Wildman–Crippen LogP) is 4.03. The van der Waals surface area contributed by atoms with Crippen molar-refractivity contribution in [1.29, 1.82) is 0 Å². The van der Waals surface area contributed by atoms with Crippen molar-refractivity contribution < 1.29 is 18.7 Å². The summed E-state index contributed by atoms with van der Waals surface area (Å²) in [5, 5.41) is 5.72. The van der Waals surface area contributed by atoms with Gasteiger partial charge in [0.2, 0.25) is 0 Å². The summed E-state index contributed by atoms with van der Waals surface area (Å²) in [7, 11) is 0. The first-order valence-corrected chi connectivity index (χ1v) is 11.7. The summed E-state index contributed by atoms with van der Waals surface area (Å²) in [5.41, 5.74) is 14.6. The summed E-state index contributed by atoms with van der Waals surface area (Å²) in [4.78, 5) is 24.8. The number of furan rings is 1. The van der Waals surface area contributed by atoms with Gasteiger partial charge < -0.3 is 31.3 Å². The van der Waals surface area contributed by atoms with E-state index in [1.165, 1.54) is 0 Å². The molecular formula is C27H30N4O4. The minimum atomic E-state index is -0.275. The summed E-state index contributed by atoms with van der Waals surface area (Å²) in [6.45, 7) is 2.97. The topological polar surface area (TPSA) is 133 Å². The van der Waals surface area contributed by atoms with Crippen LogP contribution in [0.25, 0.3) is 11.3 Å². The second-order valence-electron chi connectivity index (χ2n) is 8.60. The molecule has 8 heteroatoms. The molecule has 0 radical (unpaired) electrons. The van der Waals surface area contributed by atoms with Crippen molar-refractivity contribution in [3.05, 3.63) is 83.8 Å². The summed E-state index contributed by atoms with van der Waals surface area (Å²) in [5.74, 6) is 0.765. The zero-order valence-electron chi connectivity index (χ0n) is 19.6. The van der Waals surface area contributed by atoms with Crippen LogP contribution in [0.3, 0.4) is 0 Å². The van der Waals surface area contributed by atoms with Crippen LogP contribution in [0.15, 0.2) is 76.9 Å². The van der Waals surface area contributed by atoms with E-state index in [0.717, 1.165) is 11.1 Å². The highest BCUT2D eigenvalue weighted by Crippen LogP contribution is 2.36. The van der Waals surface area contributed by atoms with Gasteiger partial charge in [0.15, 0.2) is 11.5 Å². The van der Waals surface area contributed by atoms with Gasteiger partial charge in [-0.2, -0.15) is 0 Å². The van der Waals surface area contributed by atoms with Gasteiger partial charge in [0, 0.05) is 35.9 Å². The smallest absolute Gasteiger partial charge is 0.287 e. The number of unbranched alkanes of at least 4 members (excludes halogenated alkanes) is 1. The van der Waals surface area contributed by atoms with Gasteiger partial charge in [0.1, 0.15) is 11.9 Å². The molecule has 1 aromatic heterocycles. The number of nitrogens with one attached hydrogen (secondary N) is 2. The fourth-order valence-electron chi connectivity index (χ4n) is 3.89. The van der Waals surface area contributed by atoms with Crippen LogP contribution in [0, 0.1) is 5.92 Å². The highest BCUT2D eigenvalue weighted by molar-refractivity contribution is 5.92. The van der Waals surface area contributed by atoms with E-state index < -0.39 is 0 Å². The minimum Gasteiger partial charge on any atom is -0.480 e. The van der Waals surface area contributed by atoms with Crippen molar-refractivity contribution >= 4 is 23.2 Å². The monoisotopic (exact) mass is 474 g/mol. The Hall–Kier alpha value is -4.20. The molecule has 0 saturated heterocycles. The number of carbonyl (C=O) groups is 2. The lowest BCUT2D eigenvalue weighted by Gasteiger charge is -2.17. The van der Waals surface area contributed by atoms with Crippen LogP contribution >= 0.6 is 0 Å². The lowest BCUT2D eigenvalue weighted by molar-refractivity contribution is -0.121.